The van der Waals surface area contributed by atoms with Gasteiger partial charge in [-0.1, -0.05) is 13.8 Å². The summed E-state index contributed by atoms with van der Waals surface area (Å²) in [5, 5.41) is 6.74. The number of hydrogen-bond acceptors (Lipinski definition) is 7. The summed E-state index contributed by atoms with van der Waals surface area (Å²) in [5.74, 6) is 3.02. The van der Waals surface area contributed by atoms with E-state index in [0.717, 1.165) is 36.9 Å². The van der Waals surface area contributed by atoms with Gasteiger partial charge in [0.1, 0.15) is 6.61 Å². The molecular formula is C14H24N6O. The highest BCUT2D eigenvalue weighted by atomic mass is 16.5. The summed E-state index contributed by atoms with van der Waals surface area (Å²) >= 11 is 0. The van der Waals surface area contributed by atoms with E-state index >= 15 is 0 Å². The topological polar surface area (TPSA) is 88.3 Å². The Morgan fingerprint density at radius 3 is 2.90 bits per heavy atom. The first kappa shape index (κ1) is 14.2. The summed E-state index contributed by atoms with van der Waals surface area (Å²) < 4.78 is 5.96. The molecule has 116 valence electrons. The molecule has 0 spiro atoms. The van der Waals surface area contributed by atoms with Crippen molar-refractivity contribution in [1.82, 2.24) is 15.3 Å². The van der Waals surface area contributed by atoms with Crippen molar-refractivity contribution in [1.29, 1.82) is 0 Å². The van der Waals surface area contributed by atoms with Crippen molar-refractivity contribution < 1.29 is 4.74 Å². The van der Waals surface area contributed by atoms with Crippen LogP contribution in [-0.4, -0.2) is 48.8 Å². The molecule has 0 amide bonds. The van der Waals surface area contributed by atoms with Crippen molar-refractivity contribution >= 4 is 17.6 Å². The van der Waals surface area contributed by atoms with Crippen molar-refractivity contribution in [3.63, 3.8) is 0 Å². The number of likely N-dealkylation sites (N-methyl/N-ethyl adjacent to an activating group) is 1. The van der Waals surface area contributed by atoms with Crippen LogP contribution in [0.2, 0.25) is 0 Å². The second-order valence-electron chi connectivity index (χ2n) is 6.11. The normalized spacial score (nSPS) is 24.7. The van der Waals surface area contributed by atoms with E-state index in [1.165, 1.54) is 0 Å². The predicted octanol–water partition coefficient (Wildman–Crippen LogP) is 0.686. The van der Waals surface area contributed by atoms with Gasteiger partial charge in [-0.15, -0.1) is 0 Å². The number of hydrogen-bond donors (Lipinski definition) is 3. The van der Waals surface area contributed by atoms with Gasteiger partial charge >= 0.3 is 0 Å². The number of anilines is 3. The zero-order chi connectivity index (χ0) is 15.0. The fraction of sp³-hybridized carbons (Fsp3) is 0.714. The van der Waals surface area contributed by atoms with E-state index < -0.39 is 0 Å². The van der Waals surface area contributed by atoms with Crippen molar-refractivity contribution in [2.75, 3.05) is 42.7 Å². The number of nitrogens with zero attached hydrogens (tertiary/aromatic N) is 3. The molecule has 0 saturated carbocycles. The lowest BCUT2D eigenvalue weighted by molar-refractivity contribution is 0.255. The maximum Gasteiger partial charge on any atom is 0.224 e. The number of fused-ring (bicyclic) bond motifs is 1. The van der Waals surface area contributed by atoms with Gasteiger partial charge in [0, 0.05) is 19.1 Å². The molecule has 7 heteroatoms. The lowest BCUT2D eigenvalue weighted by Crippen LogP contribution is -2.37. The molecule has 3 heterocycles. The minimum absolute atomic E-state index is 0.253. The lowest BCUT2D eigenvalue weighted by atomic mass is 10.0. The van der Waals surface area contributed by atoms with Crippen LogP contribution in [0.15, 0.2) is 0 Å². The van der Waals surface area contributed by atoms with E-state index in [1.54, 1.807) is 0 Å². The second kappa shape index (κ2) is 5.55. The summed E-state index contributed by atoms with van der Waals surface area (Å²) in [6, 6.07) is 0.736. The Morgan fingerprint density at radius 1 is 1.43 bits per heavy atom. The van der Waals surface area contributed by atoms with Gasteiger partial charge in [-0.25, -0.2) is 0 Å². The molecule has 0 unspecified atom stereocenters. The number of nitrogens with two attached hydrogens (primary N) is 1. The summed E-state index contributed by atoms with van der Waals surface area (Å²) in [7, 11) is 1.99. The average molecular weight is 292 g/mol. The summed E-state index contributed by atoms with van der Waals surface area (Å²) in [6.45, 7) is 6.82. The number of aromatic nitrogens is 2. The molecule has 7 nitrogen and oxygen atoms in total. The highest BCUT2D eigenvalue weighted by Gasteiger charge is 2.31. The van der Waals surface area contributed by atoms with Crippen LogP contribution in [0.4, 0.5) is 17.6 Å². The van der Waals surface area contributed by atoms with E-state index in [4.69, 9.17) is 10.5 Å². The largest absolute Gasteiger partial charge is 0.484 e. The van der Waals surface area contributed by atoms with E-state index in [0.29, 0.717) is 18.6 Å². The van der Waals surface area contributed by atoms with Crippen LogP contribution in [0.5, 0.6) is 5.75 Å². The van der Waals surface area contributed by atoms with Crippen LogP contribution in [0, 0.1) is 5.92 Å². The molecule has 1 fully saturated rings. The number of ether oxygens (including phenoxy) is 1. The molecule has 2 atom stereocenters. The molecule has 3 rings (SSSR count). The molecule has 0 aliphatic carbocycles. The Kier molecular flexibility index (Phi) is 3.75. The van der Waals surface area contributed by atoms with Gasteiger partial charge < -0.3 is 26.0 Å². The Balaban J connectivity index is 1.89. The zero-order valence-corrected chi connectivity index (χ0v) is 12.9. The molecule has 2 aliphatic heterocycles. The molecule has 4 N–H and O–H groups in total. The van der Waals surface area contributed by atoms with Crippen LogP contribution in [-0.2, 0) is 0 Å². The fourth-order valence-corrected chi connectivity index (χ4v) is 2.84. The third kappa shape index (κ3) is 2.70. The smallest absolute Gasteiger partial charge is 0.224 e. The molecule has 0 bridgehead atoms. The van der Waals surface area contributed by atoms with Gasteiger partial charge in [-0.2, -0.15) is 9.97 Å². The monoisotopic (exact) mass is 292 g/mol. The minimum Gasteiger partial charge on any atom is -0.484 e. The van der Waals surface area contributed by atoms with Crippen molar-refractivity contribution in [2.45, 2.75) is 32.4 Å². The summed E-state index contributed by atoms with van der Waals surface area (Å²) in [6.07, 6.45) is 1.09. The Morgan fingerprint density at radius 2 is 2.24 bits per heavy atom. The van der Waals surface area contributed by atoms with Gasteiger partial charge in [-0.05, 0) is 19.4 Å². The predicted molar refractivity (Wildman–Crippen MR) is 83.9 cm³/mol. The van der Waals surface area contributed by atoms with Crippen molar-refractivity contribution in [2.24, 2.45) is 5.92 Å². The number of nitrogen functional groups attached to an aromatic ring is 1. The Hall–Kier alpha value is -1.76. The van der Waals surface area contributed by atoms with E-state index in [-0.39, 0.29) is 12.0 Å². The van der Waals surface area contributed by atoms with E-state index in [1.807, 2.05) is 7.05 Å². The van der Waals surface area contributed by atoms with Crippen molar-refractivity contribution in [3.8, 4) is 5.75 Å². The molecule has 21 heavy (non-hydrogen) atoms. The third-order valence-electron chi connectivity index (χ3n) is 4.30. The van der Waals surface area contributed by atoms with Crippen molar-refractivity contribution in [3.05, 3.63) is 0 Å². The Labute approximate surface area is 125 Å². The highest BCUT2D eigenvalue weighted by Crippen LogP contribution is 2.38. The molecule has 1 aromatic heterocycles. The highest BCUT2D eigenvalue weighted by molar-refractivity contribution is 5.68. The first-order valence-corrected chi connectivity index (χ1v) is 7.57. The lowest BCUT2D eigenvalue weighted by Gasteiger charge is -2.31. The molecule has 0 aromatic carbocycles. The maximum absolute atomic E-state index is 5.96. The summed E-state index contributed by atoms with van der Waals surface area (Å²) in [5.41, 5.74) is 5.88. The van der Waals surface area contributed by atoms with Gasteiger partial charge in [0.25, 0.3) is 0 Å². The number of nitrogens with one attached hydrogen (secondary N) is 2. The van der Waals surface area contributed by atoms with Crippen LogP contribution in [0.25, 0.3) is 0 Å². The standard InChI is InChI=1S/C14H24N6O/c1-8(2)10-7-21-11-12(17-10)18-14(15)19-13(11)20-5-4-9(6-20)16-3/h8-10,16H,4-7H2,1-3H3,(H3,15,17,18,19)/t9-,10-/m1/s1. The molecule has 2 aliphatic rings. The second-order valence-corrected chi connectivity index (χ2v) is 6.11. The van der Waals surface area contributed by atoms with Crippen LogP contribution in [0.3, 0.4) is 0 Å². The SMILES string of the molecule is CN[C@@H]1CCN(c2nc(N)nc3c2OC[C@H](C(C)C)N3)C1. The first-order chi connectivity index (χ1) is 10.1. The minimum atomic E-state index is 0.253. The molecule has 1 aromatic rings. The molecule has 0 radical (unpaired) electrons. The van der Waals surface area contributed by atoms with Gasteiger partial charge in [0.15, 0.2) is 11.6 Å². The zero-order valence-electron chi connectivity index (χ0n) is 12.9. The number of rotatable bonds is 3. The quantitative estimate of drug-likeness (QED) is 0.755. The maximum atomic E-state index is 5.96. The van der Waals surface area contributed by atoms with E-state index in [2.05, 4.69) is 39.3 Å². The average Bonchev–Trinajstić information content (AvgIpc) is 2.94. The van der Waals surface area contributed by atoms with Crippen LogP contribution in [0.1, 0.15) is 20.3 Å². The van der Waals surface area contributed by atoms with Gasteiger partial charge in [-0.3, -0.25) is 0 Å². The van der Waals surface area contributed by atoms with Gasteiger partial charge in [0.2, 0.25) is 11.7 Å². The third-order valence-corrected chi connectivity index (χ3v) is 4.30. The first-order valence-electron chi connectivity index (χ1n) is 7.57. The van der Waals surface area contributed by atoms with Gasteiger partial charge in [0.05, 0.1) is 6.04 Å². The van der Waals surface area contributed by atoms with Crippen LogP contribution < -0.4 is 26.0 Å². The molecular weight excluding hydrogens is 268 g/mol. The summed E-state index contributed by atoms with van der Waals surface area (Å²) in [4.78, 5) is 10.9. The van der Waals surface area contributed by atoms with E-state index in [9.17, 15) is 0 Å². The van der Waals surface area contributed by atoms with Crippen LogP contribution >= 0.6 is 0 Å². The Bertz CT molecular complexity index is 520. The fourth-order valence-electron chi connectivity index (χ4n) is 2.84. The molecule has 1 saturated heterocycles.